The summed E-state index contributed by atoms with van der Waals surface area (Å²) >= 11 is 0. The van der Waals surface area contributed by atoms with Gasteiger partial charge in [-0.25, -0.2) is 9.36 Å². The average Bonchev–Trinajstić information content (AvgIpc) is 3.02. The number of aryl methyl sites for hydroxylation is 1. The molecule has 0 amide bonds. The lowest BCUT2D eigenvalue weighted by molar-refractivity contribution is -0.0528. The maximum absolute atomic E-state index is 13.0. The highest BCUT2D eigenvalue weighted by Crippen LogP contribution is 2.30. The van der Waals surface area contributed by atoms with E-state index < -0.39 is 42.4 Å². The number of nitrogens with two attached hydrogens (primary N) is 1. The van der Waals surface area contributed by atoms with Gasteiger partial charge < -0.3 is 30.7 Å². The summed E-state index contributed by atoms with van der Waals surface area (Å²) in [5.74, 6) is -0.196. The predicted octanol–water partition coefficient (Wildman–Crippen LogP) is -2.97. The first-order valence-corrected chi connectivity index (χ1v) is 8.54. The van der Waals surface area contributed by atoms with Crippen LogP contribution in [0, 0.1) is 0 Å². The van der Waals surface area contributed by atoms with E-state index in [1.54, 1.807) is 0 Å². The van der Waals surface area contributed by atoms with Crippen molar-refractivity contribution in [2.24, 2.45) is 0 Å². The van der Waals surface area contributed by atoms with Gasteiger partial charge in [0.15, 0.2) is 17.4 Å². The summed E-state index contributed by atoms with van der Waals surface area (Å²) in [4.78, 5) is 33.8. The molecule has 2 aromatic heterocycles. The van der Waals surface area contributed by atoms with Crippen LogP contribution in [-0.4, -0.2) is 84.9 Å². The third kappa shape index (κ3) is 3.37. The van der Waals surface area contributed by atoms with Gasteiger partial charge in [-0.05, 0) is 27.1 Å². The predicted molar refractivity (Wildman–Crippen MR) is 95.2 cm³/mol. The van der Waals surface area contributed by atoms with Crippen LogP contribution in [0.5, 0.6) is 0 Å². The number of H-pyrrole nitrogens is 1. The lowest BCUT2D eigenvalue weighted by Gasteiger charge is -2.15. The Morgan fingerprint density at radius 2 is 2.00 bits per heavy atom. The highest BCUT2D eigenvalue weighted by atomic mass is 16.6. The van der Waals surface area contributed by atoms with Crippen molar-refractivity contribution >= 4 is 17.1 Å². The van der Waals surface area contributed by atoms with Crippen molar-refractivity contribution in [1.82, 2.24) is 24.0 Å². The van der Waals surface area contributed by atoms with Crippen LogP contribution in [0.1, 0.15) is 12.6 Å². The van der Waals surface area contributed by atoms with E-state index >= 15 is 0 Å². The SMILES string of the molecule is CN(C)CCCn1c(=O)n(C2OC(CO)[C@@H](O)[C@H]2O)c2nc(N)[nH]c(=O)c21. The van der Waals surface area contributed by atoms with E-state index in [0.717, 1.165) is 4.57 Å². The van der Waals surface area contributed by atoms with Gasteiger partial charge in [-0.3, -0.25) is 14.3 Å². The van der Waals surface area contributed by atoms with E-state index in [0.29, 0.717) is 13.0 Å². The Bertz CT molecular complexity index is 933. The fourth-order valence-corrected chi connectivity index (χ4v) is 3.27. The monoisotopic (exact) mass is 384 g/mol. The maximum atomic E-state index is 13.0. The summed E-state index contributed by atoms with van der Waals surface area (Å²) < 4.78 is 7.69. The standard InChI is InChI=1S/C15H24N6O6/c1-19(2)4-3-5-20-8-11(17-14(16)18-12(8)25)21(15(20)26)13-10(24)9(23)7(6-22)27-13/h7,9-10,13,22-24H,3-6H2,1-2H3,(H3,16,17,18,25)/t7?,9-,10-,13?/m1/s1. The number of rotatable bonds is 6. The largest absolute Gasteiger partial charge is 0.394 e. The van der Waals surface area contributed by atoms with E-state index in [9.17, 15) is 24.9 Å². The van der Waals surface area contributed by atoms with Crippen molar-refractivity contribution < 1.29 is 20.1 Å². The van der Waals surface area contributed by atoms with Crippen molar-refractivity contribution in [3.63, 3.8) is 0 Å². The highest BCUT2D eigenvalue weighted by Gasteiger charge is 2.45. The van der Waals surface area contributed by atoms with Crippen LogP contribution in [0.2, 0.25) is 0 Å². The van der Waals surface area contributed by atoms with E-state index in [1.807, 2.05) is 19.0 Å². The zero-order valence-corrected chi connectivity index (χ0v) is 15.1. The number of aliphatic hydroxyl groups is 3. The summed E-state index contributed by atoms with van der Waals surface area (Å²) in [6, 6.07) is 0. The van der Waals surface area contributed by atoms with Crippen LogP contribution in [0.25, 0.3) is 11.2 Å². The fourth-order valence-electron chi connectivity index (χ4n) is 3.27. The minimum absolute atomic E-state index is 0.00527. The topological polar surface area (TPSA) is 172 Å². The molecule has 1 aliphatic heterocycles. The minimum atomic E-state index is -1.48. The molecule has 3 rings (SSSR count). The van der Waals surface area contributed by atoms with Crippen LogP contribution < -0.4 is 17.0 Å². The molecule has 3 heterocycles. The lowest BCUT2D eigenvalue weighted by atomic mass is 10.1. The Morgan fingerprint density at radius 3 is 2.59 bits per heavy atom. The molecule has 0 aliphatic carbocycles. The van der Waals surface area contributed by atoms with Crippen LogP contribution in [0.4, 0.5) is 5.95 Å². The van der Waals surface area contributed by atoms with Crippen molar-refractivity contribution in [1.29, 1.82) is 0 Å². The molecule has 12 heteroatoms. The quantitative estimate of drug-likeness (QED) is 0.349. The van der Waals surface area contributed by atoms with Gasteiger partial charge in [-0.2, -0.15) is 4.98 Å². The third-order valence-electron chi connectivity index (χ3n) is 4.59. The summed E-state index contributed by atoms with van der Waals surface area (Å²) in [6.07, 6.45) is -4.66. The smallest absolute Gasteiger partial charge is 0.332 e. The summed E-state index contributed by atoms with van der Waals surface area (Å²) in [5.41, 5.74) is 4.35. The molecular formula is C15H24N6O6. The van der Waals surface area contributed by atoms with Gasteiger partial charge in [0.05, 0.1) is 6.61 Å². The molecule has 0 saturated carbocycles. The first kappa shape index (κ1) is 19.5. The molecule has 0 radical (unpaired) electrons. The number of anilines is 1. The number of aromatic amines is 1. The van der Waals surface area contributed by atoms with Gasteiger partial charge in [-0.1, -0.05) is 0 Å². The van der Waals surface area contributed by atoms with Gasteiger partial charge in [-0.15, -0.1) is 0 Å². The van der Waals surface area contributed by atoms with Crippen molar-refractivity contribution in [2.75, 3.05) is 33.0 Å². The second-order valence-electron chi connectivity index (χ2n) is 6.81. The molecule has 0 spiro atoms. The molecule has 12 nitrogen and oxygen atoms in total. The van der Waals surface area contributed by atoms with Crippen LogP contribution >= 0.6 is 0 Å². The molecule has 6 N–H and O–H groups in total. The molecule has 1 fully saturated rings. The zero-order chi connectivity index (χ0) is 19.9. The summed E-state index contributed by atoms with van der Waals surface area (Å²) in [7, 11) is 3.78. The van der Waals surface area contributed by atoms with E-state index in [2.05, 4.69) is 9.97 Å². The molecule has 0 aromatic carbocycles. The van der Waals surface area contributed by atoms with Crippen LogP contribution in [0.3, 0.4) is 0 Å². The number of nitrogens with one attached hydrogen (secondary N) is 1. The van der Waals surface area contributed by atoms with E-state index in [-0.39, 0.29) is 23.7 Å². The second kappa shape index (κ2) is 7.40. The van der Waals surface area contributed by atoms with Gasteiger partial charge in [0, 0.05) is 6.54 Å². The van der Waals surface area contributed by atoms with Gasteiger partial charge >= 0.3 is 5.69 Å². The molecule has 150 valence electrons. The van der Waals surface area contributed by atoms with Crippen molar-refractivity contribution in [2.45, 2.75) is 37.5 Å². The Hall–Kier alpha value is -2.25. The second-order valence-corrected chi connectivity index (χ2v) is 6.81. The van der Waals surface area contributed by atoms with Gasteiger partial charge in [0.25, 0.3) is 5.56 Å². The Balaban J connectivity index is 2.14. The van der Waals surface area contributed by atoms with Crippen molar-refractivity contribution in [3.05, 3.63) is 20.8 Å². The molecule has 1 aliphatic rings. The van der Waals surface area contributed by atoms with E-state index in [4.69, 9.17) is 10.5 Å². The molecule has 4 atom stereocenters. The zero-order valence-electron chi connectivity index (χ0n) is 15.1. The van der Waals surface area contributed by atoms with Crippen LogP contribution in [-0.2, 0) is 11.3 Å². The Kier molecular flexibility index (Phi) is 5.35. The summed E-state index contributed by atoms with van der Waals surface area (Å²) in [5, 5.41) is 29.6. The number of imidazole rings is 1. The number of ether oxygens (including phenoxy) is 1. The normalized spacial score (nSPS) is 25.7. The van der Waals surface area contributed by atoms with Gasteiger partial charge in [0.1, 0.15) is 18.3 Å². The highest BCUT2D eigenvalue weighted by molar-refractivity contribution is 5.71. The maximum Gasteiger partial charge on any atom is 0.332 e. The number of nitrogens with zero attached hydrogens (tertiary/aromatic N) is 4. The minimum Gasteiger partial charge on any atom is -0.394 e. The van der Waals surface area contributed by atoms with Crippen LogP contribution in [0.15, 0.2) is 9.59 Å². The average molecular weight is 384 g/mol. The van der Waals surface area contributed by atoms with E-state index in [1.165, 1.54) is 4.57 Å². The number of fused-ring (bicyclic) bond motifs is 1. The number of aromatic nitrogens is 4. The lowest BCUT2D eigenvalue weighted by Crippen LogP contribution is -2.36. The fraction of sp³-hybridized carbons (Fsp3) is 0.667. The Morgan fingerprint density at radius 1 is 1.30 bits per heavy atom. The number of nitrogen functional groups attached to an aromatic ring is 1. The molecular weight excluding hydrogens is 360 g/mol. The molecule has 0 bridgehead atoms. The number of hydrogen-bond acceptors (Lipinski definition) is 9. The number of aliphatic hydroxyl groups excluding tert-OH is 3. The molecule has 1 saturated heterocycles. The first-order chi connectivity index (χ1) is 12.8. The molecule has 27 heavy (non-hydrogen) atoms. The first-order valence-electron chi connectivity index (χ1n) is 8.54. The summed E-state index contributed by atoms with van der Waals surface area (Å²) in [6.45, 7) is 0.387. The third-order valence-corrected chi connectivity index (χ3v) is 4.59. The molecule has 2 aromatic rings. The molecule has 2 unspecified atom stereocenters. The number of hydrogen-bond donors (Lipinski definition) is 5. The van der Waals surface area contributed by atoms with Crippen molar-refractivity contribution in [3.8, 4) is 0 Å². The van der Waals surface area contributed by atoms with Gasteiger partial charge in [0.2, 0.25) is 5.95 Å². The Labute approximate surface area is 153 Å².